The number of carbonyl (C=O) groups is 1. The molecule has 1 aromatic heterocycles. The van der Waals surface area contributed by atoms with E-state index in [4.69, 9.17) is 0 Å². The van der Waals surface area contributed by atoms with E-state index in [9.17, 15) is 9.90 Å². The Labute approximate surface area is 129 Å². The van der Waals surface area contributed by atoms with Gasteiger partial charge in [0.2, 0.25) is 5.91 Å². The fraction of sp³-hybridized carbons (Fsp3) is 0.529. The van der Waals surface area contributed by atoms with Gasteiger partial charge in [0.25, 0.3) is 0 Å². The Morgan fingerprint density at radius 3 is 2.86 bits per heavy atom. The number of nitrogens with zero attached hydrogens (tertiary/aromatic N) is 3. The lowest BCUT2D eigenvalue weighted by molar-refractivity contribution is -0.131. The summed E-state index contributed by atoms with van der Waals surface area (Å²) in [6.07, 6.45) is 2.55. The molecular weight excluding hydrogens is 278 g/mol. The van der Waals surface area contributed by atoms with Crippen LogP contribution in [-0.2, 0) is 17.8 Å². The second-order valence-electron chi connectivity index (χ2n) is 6.61. The zero-order valence-electron chi connectivity index (χ0n) is 12.8. The van der Waals surface area contributed by atoms with Crippen molar-refractivity contribution in [3.05, 3.63) is 30.1 Å². The van der Waals surface area contributed by atoms with Gasteiger partial charge in [-0.05, 0) is 25.0 Å². The van der Waals surface area contributed by atoms with Crippen LogP contribution >= 0.6 is 0 Å². The topological polar surface area (TPSA) is 58.4 Å². The quantitative estimate of drug-likeness (QED) is 0.936. The molecule has 22 heavy (non-hydrogen) atoms. The highest BCUT2D eigenvalue weighted by Gasteiger charge is 2.55. The highest BCUT2D eigenvalue weighted by Crippen LogP contribution is 2.52. The molecule has 1 atom stereocenters. The van der Waals surface area contributed by atoms with Crippen LogP contribution in [0.4, 0.5) is 0 Å². The van der Waals surface area contributed by atoms with Crippen LogP contribution in [0.5, 0.6) is 0 Å². The van der Waals surface area contributed by atoms with E-state index in [0.717, 1.165) is 36.1 Å². The van der Waals surface area contributed by atoms with Crippen molar-refractivity contribution < 1.29 is 9.90 Å². The number of aliphatic hydroxyl groups excluding tert-OH is 1. The van der Waals surface area contributed by atoms with Gasteiger partial charge >= 0.3 is 0 Å². The van der Waals surface area contributed by atoms with Crippen LogP contribution in [0.3, 0.4) is 0 Å². The molecule has 5 nitrogen and oxygen atoms in total. The SMILES string of the molecule is CCc1nc2ccccc2n1CC(=O)N1CC(O)C2(CC2)C1. The Morgan fingerprint density at radius 2 is 2.18 bits per heavy atom. The molecule has 1 saturated heterocycles. The van der Waals surface area contributed by atoms with Crippen LogP contribution in [0.15, 0.2) is 24.3 Å². The van der Waals surface area contributed by atoms with Crippen LogP contribution in [0.1, 0.15) is 25.6 Å². The summed E-state index contributed by atoms with van der Waals surface area (Å²) in [5.41, 5.74) is 1.96. The first kappa shape index (κ1) is 13.8. The summed E-state index contributed by atoms with van der Waals surface area (Å²) in [6, 6.07) is 7.93. The zero-order chi connectivity index (χ0) is 15.3. The van der Waals surface area contributed by atoms with E-state index in [2.05, 4.69) is 11.9 Å². The third-order valence-electron chi connectivity index (χ3n) is 5.19. The first-order chi connectivity index (χ1) is 10.6. The highest BCUT2D eigenvalue weighted by atomic mass is 16.3. The number of likely N-dealkylation sites (tertiary alicyclic amines) is 1. The van der Waals surface area contributed by atoms with Crippen LogP contribution in [0.25, 0.3) is 11.0 Å². The van der Waals surface area contributed by atoms with E-state index in [1.54, 1.807) is 0 Å². The third-order valence-corrected chi connectivity index (χ3v) is 5.19. The van der Waals surface area contributed by atoms with Crippen LogP contribution < -0.4 is 0 Å². The Morgan fingerprint density at radius 1 is 1.41 bits per heavy atom. The minimum Gasteiger partial charge on any atom is -0.391 e. The summed E-state index contributed by atoms with van der Waals surface area (Å²) in [4.78, 5) is 19.1. The lowest BCUT2D eigenvalue weighted by Gasteiger charge is -2.17. The number of amides is 1. The minimum absolute atomic E-state index is 0.0141. The van der Waals surface area contributed by atoms with Crippen molar-refractivity contribution in [2.24, 2.45) is 5.41 Å². The number of aryl methyl sites for hydroxylation is 1. The van der Waals surface area contributed by atoms with Gasteiger partial charge in [0, 0.05) is 24.9 Å². The van der Waals surface area contributed by atoms with E-state index in [-0.39, 0.29) is 17.4 Å². The van der Waals surface area contributed by atoms with Gasteiger partial charge in [-0.2, -0.15) is 0 Å². The lowest BCUT2D eigenvalue weighted by Crippen LogP contribution is -2.33. The number of rotatable bonds is 3. The number of aromatic nitrogens is 2. The second-order valence-corrected chi connectivity index (χ2v) is 6.61. The third kappa shape index (κ3) is 2.03. The average Bonchev–Trinajstić information content (AvgIpc) is 3.12. The number of β-amino-alcohol motifs (C(OH)–C–C–N with tert-alkyl or cyclic N) is 1. The molecule has 2 aromatic rings. The molecule has 5 heteroatoms. The molecule has 116 valence electrons. The van der Waals surface area contributed by atoms with Gasteiger partial charge in [0.1, 0.15) is 12.4 Å². The Kier molecular flexibility index (Phi) is 3.01. The monoisotopic (exact) mass is 299 g/mol. The largest absolute Gasteiger partial charge is 0.391 e. The maximum Gasteiger partial charge on any atom is 0.242 e. The lowest BCUT2D eigenvalue weighted by atomic mass is 10.0. The summed E-state index contributed by atoms with van der Waals surface area (Å²) >= 11 is 0. The number of para-hydroxylation sites is 2. The second kappa shape index (κ2) is 4.81. The molecule has 1 spiro atoms. The zero-order valence-corrected chi connectivity index (χ0v) is 12.8. The molecule has 1 N–H and O–H groups in total. The molecule has 1 aliphatic heterocycles. The van der Waals surface area contributed by atoms with Crippen LogP contribution in [0.2, 0.25) is 0 Å². The summed E-state index contributed by atoms with van der Waals surface area (Å²) in [5.74, 6) is 1.02. The Hall–Kier alpha value is -1.88. The summed E-state index contributed by atoms with van der Waals surface area (Å²) in [6.45, 7) is 3.56. The van der Waals surface area contributed by atoms with Crippen molar-refractivity contribution >= 4 is 16.9 Å². The molecule has 0 bridgehead atoms. The number of hydrogen-bond donors (Lipinski definition) is 1. The van der Waals surface area contributed by atoms with Crippen molar-refractivity contribution in [1.29, 1.82) is 0 Å². The molecular formula is C17H21N3O2. The first-order valence-corrected chi connectivity index (χ1v) is 8.03. The molecule has 2 heterocycles. The summed E-state index contributed by atoms with van der Waals surface area (Å²) in [5, 5.41) is 10.1. The van der Waals surface area contributed by atoms with Crippen molar-refractivity contribution in [2.75, 3.05) is 13.1 Å². The van der Waals surface area contributed by atoms with Crippen molar-refractivity contribution in [2.45, 2.75) is 38.8 Å². The maximum atomic E-state index is 12.7. The number of aliphatic hydroxyl groups is 1. The molecule has 1 aliphatic carbocycles. The number of imidazole rings is 1. The normalized spacial score (nSPS) is 22.6. The van der Waals surface area contributed by atoms with Gasteiger partial charge in [0.05, 0.1) is 17.1 Å². The summed E-state index contributed by atoms with van der Waals surface area (Å²) < 4.78 is 2.02. The predicted octanol–water partition coefficient (Wildman–Crippen LogP) is 1.58. The maximum absolute atomic E-state index is 12.7. The molecule has 2 fully saturated rings. The van der Waals surface area contributed by atoms with Crippen LogP contribution in [-0.4, -0.2) is 44.7 Å². The fourth-order valence-corrected chi connectivity index (χ4v) is 3.60. The first-order valence-electron chi connectivity index (χ1n) is 8.03. The molecule has 1 saturated carbocycles. The average molecular weight is 299 g/mol. The Bertz CT molecular complexity index is 733. The van der Waals surface area contributed by atoms with Crippen molar-refractivity contribution in [3.63, 3.8) is 0 Å². The van der Waals surface area contributed by atoms with Crippen LogP contribution in [0, 0.1) is 5.41 Å². The minimum atomic E-state index is -0.346. The number of benzene rings is 1. The van der Waals surface area contributed by atoms with Crippen molar-refractivity contribution in [3.8, 4) is 0 Å². The van der Waals surface area contributed by atoms with E-state index in [1.807, 2.05) is 33.7 Å². The molecule has 2 aliphatic rings. The molecule has 1 unspecified atom stereocenters. The smallest absolute Gasteiger partial charge is 0.242 e. The molecule has 1 aromatic carbocycles. The van der Waals surface area contributed by atoms with E-state index in [1.165, 1.54) is 0 Å². The van der Waals surface area contributed by atoms with Gasteiger partial charge in [-0.15, -0.1) is 0 Å². The van der Waals surface area contributed by atoms with Gasteiger partial charge in [0.15, 0.2) is 0 Å². The number of fused-ring (bicyclic) bond motifs is 1. The highest BCUT2D eigenvalue weighted by molar-refractivity contribution is 5.81. The number of hydrogen-bond acceptors (Lipinski definition) is 3. The van der Waals surface area contributed by atoms with E-state index in [0.29, 0.717) is 19.6 Å². The van der Waals surface area contributed by atoms with Gasteiger partial charge in [-0.3, -0.25) is 4.79 Å². The predicted molar refractivity (Wildman–Crippen MR) is 83.4 cm³/mol. The van der Waals surface area contributed by atoms with E-state index >= 15 is 0 Å². The van der Waals surface area contributed by atoms with Gasteiger partial charge in [-0.1, -0.05) is 19.1 Å². The molecule has 0 radical (unpaired) electrons. The fourth-order valence-electron chi connectivity index (χ4n) is 3.60. The Balaban J connectivity index is 1.59. The number of carbonyl (C=O) groups excluding carboxylic acids is 1. The van der Waals surface area contributed by atoms with Gasteiger partial charge < -0.3 is 14.6 Å². The van der Waals surface area contributed by atoms with E-state index < -0.39 is 0 Å². The standard InChI is InChI=1S/C17H21N3O2/c1-2-15-18-12-5-3-4-6-13(12)20(15)10-16(22)19-9-14(21)17(11-19)7-8-17/h3-6,14,21H,2,7-11H2,1H3. The van der Waals surface area contributed by atoms with Crippen molar-refractivity contribution in [1.82, 2.24) is 14.5 Å². The molecule has 4 rings (SSSR count). The summed E-state index contributed by atoms with van der Waals surface area (Å²) in [7, 11) is 0. The van der Waals surface area contributed by atoms with Gasteiger partial charge in [-0.25, -0.2) is 4.98 Å². The molecule has 1 amide bonds.